The zero-order chi connectivity index (χ0) is 18.9. The molecule has 1 atom stereocenters. The largest absolute Gasteiger partial charge is 0.340 e. The molecule has 0 saturated carbocycles. The van der Waals surface area contributed by atoms with Gasteiger partial charge >= 0.3 is 0 Å². The van der Waals surface area contributed by atoms with Gasteiger partial charge in [0.2, 0.25) is 5.91 Å². The van der Waals surface area contributed by atoms with E-state index in [2.05, 4.69) is 30.8 Å². The number of carbonyl (C=O) groups excluding carboxylic acids is 1. The molecule has 6 nitrogen and oxygen atoms in total. The maximum Gasteiger partial charge on any atom is 0.267 e. The minimum absolute atomic E-state index is 0.0405. The van der Waals surface area contributed by atoms with Crippen LogP contribution in [0.15, 0.2) is 16.9 Å². The van der Waals surface area contributed by atoms with Crippen LogP contribution in [-0.4, -0.2) is 58.2 Å². The van der Waals surface area contributed by atoms with Crippen LogP contribution in [0.4, 0.5) is 0 Å². The lowest BCUT2D eigenvalue weighted by Gasteiger charge is -2.42. The minimum atomic E-state index is -0.300. The van der Waals surface area contributed by atoms with E-state index in [-0.39, 0.29) is 34.0 Å². The van der Waals surface area contributed by atoms with Crippen molar-refractivity contribution in [2.45, 2.75) is 46.6 Å². The van der Waals surface area contributed by atoms with Crippen LogP contribution in [0.1, 0.15) is 40.0 Å². The maximum absolute atomic E-state index is 12.7. The Hall–Kier alpha value is -1.40. The second-order valence-corrected chi connectivity index (χ2v) is 9.48. The molecule has 1 unspecified atom stereocenters. The van der Waals surface area contributed by atoms with Crippen LogP contribution in [0.25, 0.3) is 0 Å². The molecule has 3 rings (SSSR count). The summed E-state index contributed by atoms with van der Waals surface area (Å²) >= 11 is 5.84. The van der Waals surface area contributed by atoms with Crippen LogP contribution in [-0.2, 0) is 11.3 Å². The lowest BCUT2D eigenvalue weighted by atomic mass is 9.78. The van der Waals surface area contributed by atoms with Crippen molar-refractivity contribution < 1.29 is 4.79 Å². The number of aromatic nitrogens is 2. The van der Waals surface area contributed by atoms with Crippen molar-refractivity contribution in [1.29, 1.82) is 0 Å². The summed E-state index contributed by atoms with van der Waals surface area (Å²) in [6.45, 7) is 11.6. The number of likely N-dealkylation sites (tertiary alicyclic amines) is 2. The number of nitrogens with zero attached hydrogens (tertiary/aromatic N) is 4. The van der Waals surface area contributed by atoms with Gasteiger partial charge < -0.3 is 9.80 Å². The Morgan fingerprint density at radius 1 is 1.23 bits per heavy atom. The molecule has 26 heavy (non-hydrogen) atoms. The second kappa shape index (κ2) is 7.31. The quantitative estimate of drug-likeness (QED) is 0.807. The average molecular weight is 381 g/mol. The Morgan fingerprint density at radius 2 is 2.00 bits per heavy atom. The average Bonchev–Trinajstić information content (AvgIpc) is 2.93. The molecule has 0 N–H and O–H groups in total. The highest BCUT2D eigenvalue weighted by Gasteiger charge is 2.43. The summed E-state index contributed by atoms with van der Waals surface area (Å²) in [6.07, 6.45) is 3.40. The first-order valence-corrected chi connectivity index (χ1v) is 9.78. The summed E-state index contributed by atoms with van der Waals surface area (Å²) in [7, 11) is 0. The van der Waals surface area contributed by atoms with E-state index in [0.29, 0.717) is 0 Å². The summed E-state index contributed by atoms with van der Waals surface area (Å²) in [6, 6.07) is 2.79. The monoisotopic (exact) mass is 380 g/mol. The third kappa shape index (κ3) is 4.65. The number of halogens is 1. The molecule has 3 heterocycles. The summed E-state index contributed by atoms with van der Waals surface area (Å²) in [5.74, 6) is -0.0494. The molecule has 0 radical (unpaired) electrons. The van der Waals surface area contributed by atoms with Gasteiger partial charge in [-0.2, -0.15) is 5.10 Å². The fourth-order valence-electron chi connectivity index (χ4n) is 4.36. The van der Waals surface area contributed by atoms with Crippen LogP contribution >= 0.6 is 11.6 Å². The van der Waals surface area contributed by atoms with E-state index in [1.54, 1.807) is 0 Å². The molecule has 2 aliphatic rings. The molecule has 0 bridgehead atoms. The van der Waals surface area contributed by atoms with Crippen molar-refractivity contribution in [3.05, 3.63) is 27.6 Å². The topological polar surface area (TPSA) is 58.4 Å². The van der Waals surface area contributed by atoms with Crippen molar-refractivity contribution in [2.75, 3.05) is 32.7 Å². The molecule has 1 spiro atoms. The number of carbonyl (C=O) groups is 1. The highest BCUT2D eigenvalue weighted by atomic mass is 35.5. The Kier molecular flexibility index (Phi) is 5.45. The van der Waals surface area contributed by atoms with Crippen molar-refractivity contribution in [1.82, 2.24) is 19.6 Å². The smallest absolute Gasteiger partial charge is 0.267 e. The normalized spacial score (nSPS) is 24.4. The maximum atomic E-state index is 12.7. The summed E-state index contributed by atoms with van der Waals surface area (Å²) in [4.78, 5) is 29.0. The van der Waals surface area contributed by atoms with Crippen molar-refractivity contribution in [3.63, 3.8) is 0 Å². The third-order valence-corrected chi connectivity index (χ3v) is 5.55. The highest BCUT2D eigenvalue weighted by molar-refractivity contribution is 6.29. The number of hydrogen-bond acceptors (Lipinski definition) is 4. The number of amides is 1. The minimum Gasteiger partial charge on any atom is -0.340 e. The molecular formula is C19H29ClN4O2. The van der Waals surface area contributed by atoms with Gasteiger partial charge in [-0.3, -0.25) is 9.59 Å². The van der Waals surface area contributed by atoms with Crippen LogP contribution in [0.5, 0.6) is 0 Å². The zero-order valence-corrected chi connectivity index (χ0v) is 16.8. The molecule has 144 valence electrons. The van der Waals surface area contributed by atoms with Crippen LogP contribution in [0.3, 0.4) is 0 Å². The molecule has 2 aliphatic heterocycles. The zero-order valence-electron chi connectivity index (χ0n) is 16.0. The Labute approximate surface area is 160 Å². The van der Waals surface area contributed by atoms with E-state index >= 15 is 0 Å². The molecule has 2 saturated heterocycles. The van der Waals surface area contributed by atoms with Gasteiger partial charge in [0.15, 0.2) is 0 Å². The highest BCUT2D eigenvalue weighted by Crippen LogP contribution is 2.39. The van der Waals surface area contributed by atoms with Gasteiger partial charge in [0.1, 0.15) is 11.7 Å². The van der Waals surface area contributed by atoms with Crippen LogP contribution < -0.4 is 5.56 Å². The Morgan fingerprint density at radius 3 is 2.73 bits per heavy atom. The van der Waals surface area contributed by atoms with Gasteiger partial charge in [-0.15, -0.1) is 0 Å². The van der Waals surface area contributed by atoms with Gasteiger partial charge in [-0.1, -0.05) is 32.4 Å². The number of piperidine rings is 1. The molecule has 7 heteroatoms. The molecule has 1 amide bonds. The Bertz CT molecular complexity index is 727. The van der Waals surface area contributed by atoms with E-state index in [4.69, 9.17) is 11.6 Å². The first-order valence-electron chi connectivity index (χ1n) is 9.40. The predicted molar refractivity (Wildman–Crippen MR) is 102 cm³/mol. The number of hydrogen-bond donors (Lipinski definition) is 0. The SMILES string of the molecule is CC(C)(C)CN1CCCC2(CCN(C(=O)Cn3nc(Cl)ccc3=O)C2)C1. The molecule has 0 aromatic carbocycles. The Balaban J connectivity index is 1.63. The summed E-state index contributed by atoms with van der Waals surface area (Å²) < 4.78 is 1.16. The van der Waals surface area contributed by atoms with Crippen LogP contribution in [0.2, 0.25) is 5.15 Å². The lowest BCUT2D eigenvalue weighted by molar-refractivity contribution is -0.131. The first-order chi connectivity index (χ1) is 12.2. The van der Waals surface area contributed by atoms with Gasteiger partial charge in [0.25, 0.3) is 5.56 Å². The summed E-state index contributed by atoms with van der Waals surface area (Å²) in [5.41, 5.74) is 0.184. The van der Waals surface area contributed by atoms with Gasteiger partial charge in [-0.05, 0) is 37.3 Å². The molecule has 0 aliphatic carbocycles. The van der Waals surface area contributed by atoms with Crippen molar-refractivity contribution in [2.24, 2.45) is 10.8 Å². The van der Waals surface area contributed by atoms with E-state index < -0.39 is 0 Å². The van der Waals surface area contributed by atoms with Crippen LogP contribution in [0, 0.1) is 10.8 Å². The van der Waals surface area contributed by atoms with Crippen molar-refractivity contribution in [3.8, 4) is 0 Å². The van der Waals surface area contributed by atoms with E-state index in [1.807, 2.05) is 4.90 Å². The molecule has 2 fully saturated rings. The van der Waals surface area contributed by atoms with E-state index in [0.717, 1.165) is 43.8 Å². The fourth-order valence-corrected chi connectivity index (χ4v) is 4.52. The van der Waals surface area contributed by atoms with Gasteiger partial charge in [0.05, 0.1) is 0 Å². The summed E-state index contributed by atoms with van der Waals surface area (Å²) in [5, 5.41) is 4.18. The van der Waals surface area contributed by atoms with Crippen molar-refractivity contribution >= 4 is 17.5 Å². The molecule has 1 aromatic heterocycles. The lowest BCUT2D eigenvalue weighted by Crippen LogP contribution is -2.48. The van der Waals surface area contributed by atoms with Gasteiger partial charge in [-0.25, -0.2) is 4.68 Å². The standard InChI is InChI=1S/C19H29ClN4O2/c1-18(2,3)12-22-9-4-7-19(13-22)8-10-23(14-19)17(26)11-24-16(25)6-5-15(20)21-24/h5-6H,4,7-14H2,1-3H3. The van der Waals surface area contributed by atoms with E-state index in [9.17, 15) is 9.59 Å². The third-order valence-electron chi connectivity index (χ3n) is 5.35. The predicted octanol–water partition coefficient (Wildman–Crippen LogP) is 2.26. The second-order valence-electron chi connectivity index (χ2n) is 9.09. The first kappa shape index (κ1) is 19.4. The van der Waals surface area contributed by atoms with Gasteiger partial charge in [0, 0.05) is 37.7 Å². The number of rotatable bonds is 3. The fraction of sp³-hybridized carbons (Fsp3) is 0.737. The molecular weight excluding hydrogens is 352 g/mol. The van der Waals surface area contributed by atoms with E-state index in [1.165, 1.54) is 25.0 Å². The molecule has 1 aromatic rings.